The lowest BCUT2D eigenvalue weighted by Gasteiger charge is -2.12. The maximum atomic E-state index is 12.5. The fourth-order valence-corrected chi connectivity index (χ4v) is 4.02. The highest BCUT2D eigenvalue weighted by Gasteiger charge is 2.24. The van der Waals surface area contributed by atoms with Gasteiger partial charge in [-0.15, -0.1) is 11.3 Å². The van der Waals surface area contributed by atoms with E-state index in [4.69, 9.17) is 0 Å². The van der Waals surface area contributed by atoms with Crippen molar-refractivity contribution in [1.82, 2.24) is 4.98 Å². The molecule has 1 N–H and O–H groups in total. The van der Waals surface area contributed by atoms with E-state index in [1.165, 1.54) is 11.1 Å². The van der Waals surface area contributed by atoms with Gasteiger partial charge in [-0.05, 0) is 42.0 Å². The zero-order valence-electron chi connectivity index (χ0n) is 13.2. The summed E-state index contributed by atoms with van der Waals surface area (Å²) in [6, 6.07) is 16.3. The standard InChI is InChI=1S/C20H18N2OS/c23-19(13-15-9-8-14-4-1-2-7-18(14)15)22-17-6-3-5-16(12-17)20-21-10-11-24-20/h1-7,10-12,15H,8-9,13H2,(H,22,23). The first-order valence-corrected chi connectivity index (χ1v) is 9.05. The van der Waals surface area contributed by atoms with Gasteiger partial charge in [-0.3, -0.25) is 4.79 Å². The third-order valence-corrected chi connectivity index (χ3v) is 5.34. The lowest BCUT2D eigenvalue weighted by Crippen LogP contribution is -2.14. The minimum absolute atomic E-state index is 0.0768. The van der Waals surface area contributed by atoms with E-state index >= 15 is 0 Å². The maximum Gasteiger partial charge on any atom is 0.224 e. The number of benzene rings is 2. The molecule has 0 saturated carbocycles. The quantitative estimate of drug-likeness (QED) is 0.739. The molecule has 3 nitrogen and oxygen atoms in total. The van der Waals surface area contributed by atoms with Gasteiger partial charge in [-0.2, -0.15) is 0 Å². The highest BCUT2D eigenvalue weighted by atomic mass is 32.1. The van der Waals surface area contributed by atoms with E-state index in [1.54, 1.807) is 17.5 Å². The molecular formula is C20H18N2OS. The lowest BCUT2D eigenvalue weighted by atomic mass is 9.97. The second-order valence-electron chi connectivity index (χ2n) is 6.10. The van der Waals surface area contributed by atoms with Crippen LogP contribution in [-0.2, 0) is 11.2 Å². The molecule has 1 aliphatic carbocycles. The van der Waals surface area contributed by atoms with E-state index < -0.39 is 0 Å². The Bertz CT molecular complexity index is 858. The minimum atomic E-state index is 0.0768. The van der Waals surface area contributed by atoms with E-state index in [0.717, 1.165) is 29.1 Å². The average molecular weight is 334 g/mol. The van der Waals surface area contributed by atoms with Crippen LogP contribution in [0.5, 0.6) is 0 Å². The van der Waals surface area contributed by atoms with Crippen LogP contribution in [0.15, 0.2) is 60.1 Å². The maximum absolute atomic E-state index is 12.5. The summed E-state index contributed by atoms with van der Waals surface area (Å²) in [6.07, 6.45) is 4.47. The Kier molecular flexibility index (Phi) is 4.13. The summed E-state index contributed by atoms with van der Waals surface area (Å²) in [6.45, 7) is 0. The van der Waals surface area contributed by atoms with E-state index in [0.29, 0.717) is 12.3 Å². The number of aromatic nitrogens is 1. The minimum Gasteiger partial charge on any atom is -0.326 e. The van der Waals surface area contributed by atoms with Crippen molar-refractivity contribution in [3.63, 3.8) is 0 Å². The van der Waals surface area contributed by atoms with Gasteiger partial charge in [0.05, 0.1) is 0 Å². The highest BCUT2D eigenvalue weighted by Crippen LogP contribution is 2.35. The summed E-state index contributed by atoms with van der Waals surface area (Å²) in [7, 11) is 0. The zero-order valence-corrected chi connectivity index (χ0v) is 14.1. The first kappa shape index (κ1) is 15.1. The molecule has 1 atom stereocenters. The largest absolute Gasteiger partial charge is 0.326 e. The number of rotatable bonds is 4. The molecule has 1 unspecified atom stereocenters. The molecule has 0 radical (unpaired) electrons. The molecule has 0 bridgehead atoms. The summed E-state index contributed by atoms with van der Waals surface area (Å²) in [5, 5.41) is 5.96. The van der Waals surface area contributed by atoms with Crippen molar-refractivity contribution < 1.29 is 4.79 Å². The number of amides is 1. The first-order chi connectivity index (χ1) is 11.8. The Labute approximate surface area is 145 Å². The molecular weight excluding hydrogens is 316 g/mol. The van der Waals surface area contributed by atoms with Crippen LogP contribution in [0.4, 0.5) is 5.69 Å². The van der Waals surface area contributed by atoms with Crippen molar-refractivity contribution in [2.75, 3.05) is 5.32 Å². The fourth-order valence-electron chi connectivity index (χ4n) is 3.39. The van der Waals surface area contributed by atoms with Crippen molar-refractivity contribution in [1.29, 1.82) is 0 Å². The Morgan fingerprint density at radius 3 is 3.00 bits per heavy atom. The number of aryl methyl sites for hydroxylation is 1. The molecule has 0 aliphatic heterocycles. The van der Waals surface area contributed by atoms with Crippen molar-refractivity contribution >= 4 is 22.9 Å². The Morgan fingerprint density at radius 2 is 2.12 bits per heavy atom. The van der Waals surface area contributed by atoms with E-state index in [-0.39, 0.29) is 5.91 Å². The number of nitrogens with zero attached hydrogens (tertiary/aromatic N) is 1. The van der Waals surface area contributed by atoms with Gasteiger partial charge in [0, 0.05) is 29.2 Å². The van der Waals surface area contributed by atoms with Gasteiger partial charge in [0.15, 0.2) is 0 Å². The van der Waals surface area contributed by atoms with Crippen molar-refractivity contribution in [2.45, 2.75) is 25.2 Å². The molecule has 1 heterocycles. The van der Waals surface area contributed by atoms with Crippen LogP contribution in [0, 0.1) is 0 Å². The SMILES string of the molecule is O=C(CC1CCc2ccccc21)Nc1cccc(-c2nccs2)c1. The number of fused-ring (bicyclic) bond motifs is 1. The number of hydrogen-bond donors (Lipinski definition) is 1. The molecule has 0 fully saturated rings. The molecule has 2 aromatic carbocycles. The summed E-state index contributed by atoms with van der Waals surface area (Å²) < 4.78 is 0. The van der Waals surface area contributed by atoms with Gasteiger partial charge >= 0.3 is 0 Å². The van der Waals surface area contributed by atoms with Gasteiger partial charge in [-0.1, -0.05) is 36.4 Å². The number of thiazole rings is 1. The highest BCUT2D eigenvalue weighted by molar-refractivity contribution is 7.13. The van der Waals surface area contributed by atoms with Crippen LogP contribution in [0.25, 0.3) is 10.6 Å². The van der Waals surface area contributed by atoms with Crippen LogP contribution in [0.1, 0.15) is 29.9 Å². The van der Waals surface area contributed by atoms with Crippen LogP contribution in [0.3, 0.4) is 0 Å². The van der Waals surface area contributed by atoms with Crippen molar-refractivity contribution in [3.8, 4) is 10.6 Å². The molecule has 4 rings (SSSR count). The molecule has 4 heteroatoms. The number of anilines is 1. The topological polar surface area (TPSA) is 42.0 Å². The summed E-state index contributed by atoms with van der Waals surface area (Å²) in [5.41, 5.74) is 4.60. The number of carbonyl (C=O) groups is 1. The molecule has 0 spiro atoms. The predicted octanol–water partition coefficient (Wildman–Crippen LogP) is 4.87. The Balaban J connectivity index is 1.45. The molecule has 120 valence electrons. The second kappa shape index (κ2) is 6.57. The first-order valence-electron chi connectivity index (χ1n) is 8.17. The number of carbonyl (C=O) groups excluding carboxylic acids is 1. The fraction of sp³-hybridized carbons (Fsp3) is 0.200. The van der Waals surface area contributed by atoms with Gasteiger partial charge < -0.3 is 5.32 Å². The smallest absolute Gasteiger partial charge is 0.224 e. The van der Waals surface area contributed by atoms with Crippen molar-refractivity contribution in [3.05, 3.63) is 71.2 Å². The third kappa shape index (κ3) is 3.10. The summed E-state index contributed by atoms with van der Waals surface area (Å²) in [4.78, 5) is 16.8. The summed E-state index contributed by atoms with van der Waals surface area (Å²) >= 11 is 1.60. The van der Waals surface area contributed by atoms with E-state index in [2.05, 4.69) is 34.6 Å². The van der Waals surface area contributed by atoms with E-state index in [9.17, 15) is 4.79 Å². The van der Waals surface area contributed by atoms with Gasteiger partial charge in [0.25, 0.3) is 0 Å². The van der Waals surface area contributed by atoms with E-state index in [1.807, 2.05) is 29.6 Å². The normalized spacial score (nSPS) is 15.9. The van der Waals surface area contributed by atoms with Crippen LogP contribution in [-0.4, -0.2) is 10.9 Å². The Morgan fingerprint density at radius 1 is 1.21 bits per heavy atom. The lowest BCUT2D eigenvalue weighted by molar-refractivity contribution is -0.116. The molecule has 3 aromatic rings. The molecule has 24 heavy (non-hydrogen) atoms. The monoisotopic (exact) mass is 334 g/mol. The van der Waals surface area contributed by atoms with Gasteiger partial charge in [0.2, 0.25) is 5.91 Å². The van der Waals surface area contributed by atoms with Gasteiger partial charge in [0.1, 0.15) is 5.01 Å². The molecule has 1 aromatic heterocycles. The molecule has 0 saturated heterocycles. The van der Waals surface area contributed by atoms with Crippen molar-refractivity contribution in [2.24, 2.45) is 0 Å². The third-order valence-electron chi connectivity index (χ3n) is 4.51. The van der Waals surface area contributed by atoms with Crippen LogP contribution >= 0.6 is 11.3 Å². The van der Waals surface area contributed by atoms with Crippen LogP contribution < -0.4 is 5.32 Å². The number of hydrogen-bond acceptors (Lipinski definition) is 3. The van der Waals surface area contributed by atoms with Gasteiger partial charge in [-0.25, -0.2) is 4.98 Å². The van der Waals surface area contributed by atoms with Crippen LogP contribution in [0.2, 0.25) is 0 Å². The molecule has 1 amide bonds. The Hall–Kier alpha value is -2.46. The predicted molar refractivity (Wildman–Crippen MR) is 98.3 cm³/mol. The zero-order chi connectivity index (χ0) is 16.4. The molecule has 1 aliphatic rings. The summed E-state index contributed by atoms with van der Waals surface area (Å²) in [5.74, 6) is 0.413. The average Bonchev–Trinajstić information content (AvgIpc) is 3.26. The number of nitrogens with one attached hydrogen (secondary N) is 1. The second-order valence-corrected chi connectivity index (χ2v) is 7.00.